The van der Waals surface area contributed by atoms with Gasteiger partial charge in [0, 0.05) is 0 Å². The molecule has 0 unspecified atom stereocenters. The minimum absolute atomic E-state index is 0. The van der Waals surface area contributed by atoms with Crippen molar-refractivity contribution in [3.63, 3.8) is 0 Å². The third-order valence-corrected chi connectivity index (χ3v) is 3.22. The van der Waals surface area contributed by atoms with Crippen LogP contribution in [0.4, 0.5) is 0 Å². The summed E-state index contributed by atoms with van der Waals surface area (Å²) in [7, 11) is 2.56. The number of benzene rings is 2. The Labute approximate surface area is 207 Å². The first kappa shape index (κ1) is 26.6. The van der Waals surface area contributed by atoms with E-state index in [4.69, 9.17) is 10.2 Å². The number of ether oxygens (including phenoxy) is 2. The fourth-order valence-electron chi connectivity index (χ4n) is 1.85. The van der Waals surface area contributed by atoms with E-state index in [1.165, 1.54) is 74.9 Å². The van der Waals surface area contributed by atoms with Gasteiger partial charge >= 0.3 is 60.8 Å². The number of aliphatic carboxylic acids is 2. The van der Waals surface area contributed by atoms with Crippen LogP contribution in [0.5, 0.6) is 11.5 Å². The van der Waals surface area contributed by atoms with E-state index in [2.05, 4.69) is 9.47 Å². The first-order chi connectivity index (χ1) is 13.3. The summed E-state index contributed by atoms with van der Waals surface area (Å²) < 4.78 is 9.26. The fourth-order valence-corrected chi connectivity index (χ4v) is 1.85. The molecule has 2 aromatic carbocycles. The molecule has 148 valence electrons. The van der Waals surface area contributed by atoms with Crippen LogP contribution in [0.2, 0.25) is 0 Å². The SMILES string of the molecule is CO/C(=C\c1ccc([O-])cc1)C(=O)O.CO/C(=C\c1ccc([O-])cc1)C(=O)O.[Ba+2]. The summed E-state index contributed by atoms with van der Waals surface area (Å²) in [6, 6.07) is 11.6. The Morgan fingerprint density at radius 3 is 1.21 bits per heavy atom. The summed E-state index contributed by atoms with van der Waals surface area (Å²) in [5, 5.41) is 38.8. The Morgan fingerprint density at radius 1 is 0.724 bits per heavy atom. The number of hydrogen-bond donors (Lipinski definition) is 2. The molecule has 0 bridgehead atoms. The molecule has 0 heterocycles. The van der Waals surface area contributed by atoms with Crippen LogP contribution >= 0.6 is 0 Å². The van der Waals surface area contributed by atoms with Crippen LogP contribution in [0.25, 0.3) is 12.2 Å². The van der Waals surface area contributed by atoms with Crippen LogP contribution in [0.15, 0.2) is 60.0 Å². The van der Waals surface area contributed by atoms with Crippen molar-refractivity contribution >= 4 is 73.0 Å². The molecule has 0 aliphatic rings. The predicted octanol–water partition coefficient (Wildman–Crippen LogP) is 1.28. The van der Waals surface area contributed by atoms with Crippen LogP contribution < -0.4 is 10.2 Å². The summed E-state index contributed by atoms with van der Waals surface area (Å²) in [4.78, 5) is 21.1. The van der Waals surface area contributed by atoms with Gasteiger partial charge in [-0.3, -0.25) is 0 Å². The molecule has 0 atom stereocenters. The van der Waals surface area contributed by atoms with E-state index in [1.54, 1.807) is 0 Å². The zero-order chi connectivity index (χ0) is 21.1. The first-order valence-electron chi connectivity index (χ1n) is 7.79. The molecule has 8 nitrogen and oxygen atoms in total. The molecule has 2 N–H and O–H groups in total. The van der Waals surface area contributed by atoms with E-state index in [1.807, 2.05) is 0 Å². The summed E-state index contributed by atoms with van der Waals surface area (Å²) >= 11 is 0. The molecule has 0 aliphatic heterocycles. The van der Waals surface area contributed by atoms with Gasteiger partial charge in [-0.15, -0.1) is 11.5 Å². The number of rotatable bonds is 6. The van der Waals surface area contributed by atoms with Crippen molar-refractivity contribution in [3.05, 3.63) is 71.2 Å². The van der Waals surface area contributed by atoms with Crippen LogP contribution in [0, 0.1) is 0 Å². The summed E-state index contributed by atoms with van der Waals surface area (Å²) in [5.74, 6) is -2.84. The second-order valence-corrected chi connectivity index (χ2v) is 5.17. The van der Waals surface area contributed by atoms with Gasteiger partial charge in [-0.05, 0) is 23.3 Å². The van der Waals surface area contributed by atoms with Gasteiger partial charge < -0.3 is 29.9 Å². The summed E-state index contributed by atoms with van der Waals surface area (Å²) in [5.41, 5.74) is 1.23. The van der Waals surface area contributed by atoms with Gasteiger partial charge in [0.15, 0.2) is 0 Å². The molecule has 2 rings (SSSR count). The zero-order valence-electron chi connectivity index (χ0n) is 15.8. The topological polar surface area (TPSA) is 139 Å². The van der Waals surface area contributed by atoms with Crippen LogP contribution in [-0.4, -0.2) is 85.3 Å². The zero-order valence-corrected chi connectivity index (χ0v) is 20.3. The Balaban J connectivity index is 0.000000523. The monoisotopic (exact) mass is 524 g/mol. The van der Waals surface area contributed by atoms with Crippen molar-refractivity contribution in [1.29, 1.82) is 0 Å². The van der Waals surface area contributed by atoms with Crippen molar-refractivity contribution in [2.75, 3.05) is 14.2 Å². The molecular weight excluding hydrogens is 506 g/mol. The molecule has 0 saturated heterocycles. The normalized spacial score (nSPS) is 10.7. The molecule has 29 heavy (non-hydrogen) atoms. The molecule has 0 saturated carbocycles. The second kappa shape index (κ2) is 13.7. The van der Waals surface area contributed by atoms with Gasteiger partial charge in [0.1, 0.15) is 0 Å². The largest absolute Gasteiger partial charge is 2.00 e. The number of carboxylic acids is 2. The van der Waals surface area contributed by atoms with Crippen LogP contribution in [0.3, 0.4) is 0 Å². The smallest absolute Gasteiger partial charge is 0.872 e. The van der Waals surface area contributed by atoms with E-state index < -0.39 is 11.9 Å². The molecule has 0 aliphatic carbocycles. The molecule has 9 heteroatoms. The third kappa shape index (κ3) is 10.1. The Morgan fingerprint density at radius 2 is 1.00 bits per heavy atom. The van der Waals surface area contributed by atoms with E-state index in [0.29, 0.717) is 11.1 Å². The van der Waals surface area contributed by atoms with Crippen molar-refractivity contribution < 1.29 is 39.5 Å². The number of carboxylic acid groups (broad SMARTS) is 2. The molecule has 0 radical (unpaired) electrons. The number of carbonyl (C=O) groups is 2. The Bertz CT molecular complexity index is 782. The van der Waals surface area contributed by atoms with E-state index in [9.17, 15) is 19.8 Å². The van der Waals surface area contributed by atoms with E-state index in [0.717, 1.165) is 0 Å². The molecule has 0 spiro atoms. The van der Waals surface area contributed by atoms with Gasteiger partial charge in [0.05, 0.1) is 14.2 Å². The average molecular weight is 524 g/mol. The van der Waals surface area contributed by atoms with Crippen LogP contribution in [-0.2, 0) is 19.1 Å². The minimum Gasteiger partial charge on any atom is -0.872 e. The quantitative estimate of drug-likeness (QED) is 0.328. The molecule has 0 amide bonds. The Kier molecular flexibility index (Phi) is 12.6. The maximum absolute atomic E-state index is 10.7. The average Bonchev–Trinajstić information content (AvgIpc) is 2.67. The van der Waals surface area contributed by atoms with Crippen LogP contribution in [0.1, 0.15) is 11.1 Å². The van der Waals surface area contributed by atoms with Crippen molar-refractivity contribution in [3.8, 4) is 11.5 Å². The standard InChI is InChI=1S/2C10H10O4.Ba/c2*1-14-9(10(12)13)6-7-2-4-8(11)5-3-7;/h2*2-6,11H,1H3,(H,12,13);/q;;+2/p-2/b2*9-6-;. The predicted molar refractivity (Wildman–Crippen MR) is 103 cm³/mol. The van der Waals surface area contributed by atoms with Crippen molar-refractivity contribution in [1.82, 2.24) is 0 Å². The van der Waals surface area contributed by atoms with Gasteiger partial charge in [-0.2, -0.15) is 0 Å². The maximum Gasteiger partial charge on any atom is 2.00 e. The van der Waals surface area contributed by atoms with E-state index >= 15 is 0 Å². The molecule has 2 aromatic rings. The summed E-state index contributed by atoms with van der Waals surface area (Å²) in [6.45, 7) is 0. The van der Waals surface area contributed by atoms with Crippen molar-refractivity contribution in [2.45, 2.75) is 0 Å². The Hall–Kier alpha value is -2.37. The van der Waals surface area contributed by atoms with Gasteiger partial charge in [-0.1, -0.05) is 48.5 Å². The maximum atomic E-state index is 10.7. The first-order valence-corrected chi connectivity index (χ1v) is 7.79. The third-order valence-electron chi connectivity index (χ3n) is 3.22. The van der Waals surface area contributed by atoms with E-state index in [-0.39, 0.29) is 71.9 Å². The van der Waals surface area contributed by atoms with Gasteiger partial charge in [0.25, 0.3) is 0 Å². The molecule has 0 fully saturated rings. The number of methoxy groups -OCH3 is 2. The molecule has 0 aromatic heterocycles. The molecular formula is C20H18BaO8. The minimum atomic E-state index is -1.14. The summed E-state index contributed by atoms with van der Waals surface area (Å²) in [6.07, 6.45) is 2.70. The second-order valence-electron chi connectivity index (χ2n) is 5.17. The fraction of sp³-hybridized carbons (Fsp3) is 0.100. The van der Waals surface area contributed by atoms with Crippen molar-refractivity contribution in [2.24, 2.45) is 0 Å². The van der Waals surface area contributed by atoms with Gasteiger partial charge in [0.2, 0.25) is 11.5 Å². The number of hydrogen-bond acceptors (Lipinski definition) is 6. The van der Waals surface area contributed by atoms with Gasteiger partial charge in [-0.25, -0.2) is 9.59 Å².